The summed E-state index contributed by atoms with van der Waals surface area (Å²) in [6.07, 6.45) is 15.6. The van der Waals surface area contributed by atoms with Gasteiger partial charge in [-0.15, -0.1) is 0 Å². The van der Waals surface area contributed by atoms with Crippen LogP contribution in [0, 0.1) is 11.3 Å². The maximum atomic E-state index is 11.0. The molecular weight excluding hydrogens is 526 g/mol. The van der Waals surface area contributed by atoms with Crippen LogP contribution >= 0.6 is 0 Å². The molecule has 9 nitrogen and oxygen atoms in total. The number of nitrogens with zero attached hydrogens (tertiary/aromatic N) is 6. The Morgan fingerprint density at radius 2 is 1.88 bits per heavy atom. The maximum Gasteiger partial charge on any atom is 0.328 e. The van der Waals surface area contributed by atoms with E-state index < -0.39 is 5.97 Å². The van der Waals surface area contributed by atoms with Crippen LogP contribution in [-0.2, 0) is 31.0 Å². The summed E-state index contributed by atoms with van der Waals surface area (Å²) in [5.41, 5.74) is 2.53. The second-order valence-electron chi connectivity index (χ2n) is 12.7. The largest absolute Gasteiger partial charge is 0.478 e. The predicted molar refractivity (Wildman–Crippen MR) is 165 cm³/mol. The van der Waals surface area contributed by atoms with Gasteiger partial charge < -0.3 is 24.5 Å². The first-order valence-electron chi connectivity index (χ1n) is 15.5. The fourth-order valence-electron chi connectivity index (χ4n) is 6.70. The van der Waals surface area contributed by atoms with E-state index in [9.17, 15) is 4.79 Å². The second kappa shape index (κ2) is 14.3. The Balaban J connectivity index is 1.15. The van der Waals surface area contributed by atoms with E-state index in [0.717, 1.165) is 48.2 Å². The number of hydrogen-bond acceptors (Lipinski definition) is 6. The molecule has 0 radical (unpaired) electrons. The highest BCUT2D eigenvalue weighted by Gasteiger charge is 2.40. The second-order valence-corrected chi connectivity index (χ2v) is 12.7. The molecule has 2 saturated heterocycles. The van der Waals surface area contributed by atoms with E-state index in [1.54, 1.807) is 12.3 Å². The summed E-state index contributed by atoms with van der Waals surface area (Å²) in [6.45, 7) is 15.1. The predicted octanol–water partition coefficient (Wildman–Crippen LogP) is 4.74. The normalized spacial score (nSPS) is 17.8. The average molecular weight is 574 g/mol. The molecule has 0 aliphatic carbocycles. The van der Waals surface area contributed by atoms with Gasteiger partial charge in [-0.1, -0.05) is 38.1 Å². The number of aliphatic carboxylic acids is 1. The fourth-order valence-corrected chi connectivity index (χ4v) is 6.70. The van der Waals surface area contributed by atoms with Crippen molar-refractivity contribution in [3.63, 3.8) is 0 Å². The van der Waals surface area contributed by atoms with Crippen molar-refractivity contribution < 1.29 is 9.90 Å². The van der Waals surface area contributed by atoms with Crippen molar-refractivity contribution in [3.05, 3.63) is 77.9 Å². The van der Waals surface area contributed by atoms with Gasteiger partial charge in [0, 0.05) is 57.0 Å². The van der Waals surface area contributed by atoms with Gasteiger partial charge in [0.05, 0.1) is 13.1 Å². The Kier molecular flexibility index (Phi) is 10.3. The van der Waals surface area contributed by atoms with Crippen LogP contribution in [-0.4, -0.2) is 84.6 Å². The summed E-state index contributed by atoms with van der Waals surface area (Å²) in [4.78, 5) is 31.1. The van der Waals surface area contributed by atoms with E-state index in [2.05, 4.69) is 55.3 Å². The molecule has 42 heavy (non-hydrogen) atoms. The molecule has 2 aromatic heterocycles. The minimum atomic E-state index is -0.946. The fraction of sp³-hybridized carbons (Fsp3) is 0.545. The van der Waals surface area contributed by atoms with Crippen molar-refractivity contribution in [1.29, 1.82) is 0 Å². The number of aromatic nitrogens is 4. The van der Waals surface area contributed by atoms with Crippen molar-refractivity contribution in [2.45, 2.75) is 65.7 Å². The van der Waals surface area contributed by atoms with E-state index in [4.69, 9.17) is 10.1 Å². The number of rotatable bonds is 14. The number of piperidine rings is 1. The Hall–Kier alpha value is -3.27. The third-order valence-electron chi connectivity index (χ3n) is 8.80. The Labute approximate surface area is 250 Å². The number of aryl methyl sites for hydroxylation is 1. The zero-order valence-corrected chi connectivity index (χ0v) is 25.3. The molecule has 226 valence electrons. The summed E-state index contributed by atoms with van der Waals surface area (Å²) in [5, 5.41) is 9.00. The first-order chi connectivity index (χ1) is 20.4. The zero-order chi connectivity index (χ0) is 29.4. The number of imidazole rings is 2. The number of likely N-dealkylation sites (tertiary alicyclic amines) is 2. The molecule has 0 bridgehead atoms. The number of hydrogen-bond donors (Lipinski definition) is 2. The minimum Gasteiger partial charge on any atom is -0.478 e. The highest BCUT2D eigenvalue weighted by Crippen LogP contribution is 2.40. The molecule has 0 unspecified atom stereocenters. The van der Waals surface area contributed by atoms with Gasteiger partial charge in [0.25, 0.3) is 0 Å². The standard InChI is InChI=1S/C33H47N7O2/c1-27(2)22-37-17-9-33(10-18-37)11-19-38(26-33)15-4-16-40-20-14-36-31(40)25-39(24-30-34-12-13-35-30)23-29-6-3-5-28(21-29)7-8-32(41)42/h3,5-8,12-14,20-21,27H,4,9-11,15-19,22-26H2,1-2H3,(H,34,35)(H,41,42). The Bertz CT molecular complexity index is 1290. The Morgan fingerprint density at radius 1 is 1.07 bits per heavy atom. The molecule has 4 heterocycles. The lowest BCUT2D eigenvalue weighted by Crippen LogP contribution is -2.42. The third kappa shape index (κ3) is 8.63. The molecule has 9 heteroatoms. The average Bonchev–Trinajstić information content (AvgIpc) is 3.72. The van der Waals surface area contributed by atoms with Crippen molar-refractivity contribution >= 4 is 12.0 Å². The monoisotopic (exact) mass is 573 g/mol. The number of carboxylic acids is 1. The van der Waals surface area contributed by atoms with Crippen LogP contribution in [0.5, 0.6) is 0 Å². The van der Waals surface area contributed by atoms with Crippen LogP contribution in [0.15, 0.2) is 55.1 Å². The molecule has 1 aromatic carbocycles. The lowest BCUT2D eigenvalue weighted by Gasteiger charge is -2.40. The van der Waals surface area contributed by atoms with E-state index in [1.165, 1.54) is 58.1 Å². The molecule has 3 aromatic rings. The van der Waals surface area contributed by atoms with Crippen LogP contribution in [0.4, 0.5) is 0 Å². The number of nitrogens with one attached hydrogen (secondary N) is 1. The summed E-state index contributed by atoms with van der Waals surface area (Å²) in [6, 6.07) is 8.01. The molecule has 0 amide bonds. The van der Waals surface area contributed by atoms with Crippen molar-refractivity contribution in [2.24, 2.45) is 11.3 Å². The van der Waals surface area contributed by atoms with E-state index >= 15 is 0 Å². The van der Waals surface area contributed by atoms with Crippen LogP contribution < -0.4 is 0 Å². The van der Waals surface area contributed by atoms with E-state index in [-0.39, 0.29) is 0 Å². The lowest BCUT2D eigenvalue weighted by molar-refractivity contribution is -0.131. The maximum absolute atomic E-state index is 11.0. The van der Waals surface area contributed by atoms with Gasteiger partial charge in [-0.2, -0.15) is 0 Å². The molecule has 2 aliphatic rings. The van der Waals surface area contributed by atoms with Crippen molar-refractivity contribution in [3.8, 4) is 0 Å². The zero-order valence-electron chi connectivity index (χ0n) is 25.3. The van der Waals surface area contributed by atoms with Gasteiger partial charge in [0.15, 0.2) is 0 Å². The SMILES string of the molecule is CC(C)CN1CCC2(CC1)CCN(CCCn1ccnc1CN(Cc1cccc(C=CC(=O)O)c1)Cc1ncc[nH]1)C2. The van der Waals surface area contributed by atoms with Crippen LogP contribution in [0.2, 0.25) is 0 Å². The number of benzene rings is 1. The summed E-state index contributed by atoms with van der Waals surface area (Å²) in [7, 11) is 0. The lowest BCUT2D eigenvalue weighted by atomic mass is 9.77. The molecular formula is C33H47N7O2. The van der Waals surface area contributed by atoms with Gasteiger partial charge in [-0.25, -0.2) is 14.8 Å². The summed E-state index contributed by atoms with van der Waals surface area (Å²) >= 11 is 0. The van der Waals surface area contributed by atoms with Crippen molar-refractivity contribution in [2.75, 3.05) is 39.3 Å². The topological polar surface area (TPSA) is 93.5 Å². The van der Waals surface area contributed by atoms with Crippen LogP contribution in [0.1, 0.15) is 62.3 Å². The smallest absolute Gasteiger partial charge is 0.328 e. The molecule has 1 spiro atoms. The van der Waals surface area contributed by atoms with Crippen LogP contribution in [0.25, 0.3) is 6.08 Å². The van der Waals surface area contributed by atoms with Gasteiger partial charge in [0.1, 0.15) is 11.6 Å². The molecule has 2 fully saturated rings. The van der Waals surface area contributed by atoms with Gasteiger partial charge in [0.2, 0.25) is 0 Å². The van der Waals surface area contributed by atoms with Gasteiger partial charge in [-0.3, -0.25) is 4.90 Å². The van der Waals surface area contributed by atoms with Gasteiger partial charge >= 0.3 is 5.97 Å². The van der Waals surface area contributed by atoms with Crippen molar-refractivity contribution in [1.82, 2.24) is 34.2 Å². The summed E-state index contributed by atoms with van der Waals surface area (Å²) < 4.78 is 2.30. The first-order valence-corrected chi connectivity index (χ1v) is 15.5. The highest BCUT2D eigenvalue weighted by atomic mass is 16.4. The van der Waals surface area contributed by atoms with E-state index in [1.807, 2.05) is 30.6 Å². The molecule has 0 saturated carbocycles. The third-order valence-corrected chi connectivity index (χ3v) is 8.80. The molecule has 2 aliphatic heterocycles. The number of carboxylic acid groups (broad SMARTS) is 1. The quantitative estimate of drug-likeness (QED) is 0.269. The molecule has 0 atom stereocenters. The Morgan fingerprint density at radius 3 is 2.62 bits per heavy atom. The number of H-pyrrole nitrogens is 1. The number of carbonyl (C=O) groups is 1. The summed E-state index contributed by atoms with van der Waals surface area (Å²) in [5.74, 6) is 1.77. The highest BCUT2D eigenvalue weighted by molar-refractivity contribution is 5.85. The van der Waals surface area contributed by atoms with Crippen LogP contribution in [0.3, 0.4) is 0 Å². The molecule has 2 N–H and O–H groups in total. The number of aromatic amines is 1. The van der Waals surface area contributed by atoms with E-state index in [0.29, 0.717) is 25.0 Å². The van der Waals surface area contributed by atoms with Gasteiger partial charge in [-0.05, 0) is 80.4 Å². The molecule has 5 rings (SSSR count). The minimum absolute atomic E-state index is 0.542. The first kappa shape index (κ1) is 30.2.